The molecule has 2 atom stereocenters. The van der Waals surface area contributed by atoms with Crippen LogP contribution in [0, 0.1) is 0 Å². The van der Waals surface area contributed by atoms with Crippen LogP contribution in [0.1, 0.15) is 19.3 Å². The number of carbonyl (C=O) groups is 4. The summed E-state index contributed by atoms with van der Waals surface area (Å²) in [6.07, 6.45) is -0.982. The zero-order valence-corrected chi connectivity index (χ0v) is 10.3. The molecular formula is C10H16N2O7. The Morgan fingerprint density at radius 1 is 1.26 bits per heavy atom. The maximum Gasteiger partial charge on any atom is 0.326 e. The number of carboxylic acids is 2. The van der Waals surface area contributed by atoms with Crippen molar-refractivity contribution in [2.24, 2.45) is 5.73 Å². The maximum absolute atomic E-state index is 11.4. The molecule has 0 aliphatic carbocycles. The van der Waals surface area contributed by atoms with Crippen molar-refractivity contribution in [3.63, 3.8) is 0 Å². The number of ether oxygens (including phenoxy) is 1. The van der Waals surface area contributed by atoms with Crippen molar-refractivity contribution >= 4 is 23.8 Å². The highest BCUT2D eigenvalue weighted by molar-refractivity contribution is 5.89. The quantitative estimate of drug-likeness (QED) is 0.382. The minimum atomic E-state index is -1.35. The first-order chi connectivity index (χ1) is 8.77. The molecular weight excluding hydrogens is 260 g/mol. The SMILES string of the molecule is COC(=O)CC[C@@H](NC(=O)C(N)CC(=O)O)C(=O)O. The van der Waals surface area contributed by atoms with Gasteiger partial charge in [0.15, 0.2) is 0 Å². The molecule has 0 bridgehead atoms. The number of esters is 1. The minimum Gasteiger partial charge on any atom is -0.481 e. The van der Waals surface area contributed by atoms with E-state index in [1.54, 1.807) is 0 Å². The molecule has 0 aromatic rings. The van der Waals surface area contributed by atoms with Crippen LogP contribution < -0.4 is 11.1 Å². The normalized spacial score (nSPS) is 13.2. The monoisotopic (exact) mass is 276 g/mol. The molecule has 0 saturated heterocycles. The zero-order valence-electron chi connectivity index (χ0n) is 10.3. The lowest BCUT2D eigenvalue weighted by molar-refractivity contribution is -0.144. The summed E-state index contributed by atoms with van der Waals surface area (Å²) in [5.41, 5.74) is 5.27. The van der Waals surface area contributed by atoms with E-state index >= 15 is 0 Å². The largest absolute Gasteiger partial charge is 0.481 e. The van der Waals surface area contributed by atoms with Crippen molar-refractivity contribution in [2.75, 3.05) is 7.11 Å². The number of amides is 1. The van der Waals surface area contributed by atoms with E-state index in [-0.39, 0.29) is 12.8 Å². The number of nitrogens with one attached hydrogen (secondary N) is 1. The second-order valence-corrected chi connectivity index (χ2v) is 3.72. The summed E-state index contributed by atoms with van der Waals surface area (Å²) in [6.45, 7) is 0. The summed E-state index contributed by atoms with van der Waals surface area (Å²) in [4.78, 5) is 43.5. The van der Waals surface area contributed by atoms with Crippen LogP contribution in [0.2, 0.25) is 0 Å². The molecule has 1 unspecified atom stereocenters. The van der Waals surface area contributed by atoms with E-state index in [1.807, 2.05) is 0 Å². The second kappa shape index (κ2) is 8.03. The molecule has 0 aromatic heterocycles. The van der Waals surface area contributed by atoms with E-state index in [0.29, 0.717) is 0 Å². The summed E-state index contributed by atoms with van der Waals surface area (Å²) in [6, 6.07) is -2.68. The molecule has 0 fully saturated rings. The number of rotatable bonds is 8. The molecule has 0 heterocycles. The summed E-state index contributed by atoms with van der Waals surface area (Å²) in [5, 5.41) is 19.4. The average molecular weight is 276 g/mol. The number of methoxy groups -OCH3 is 1. The molecule has 0 saturated carbocycles. The second-order valence-electron chi connectivity index (χ2n) is 3.72. The fourth-order valence-corrected chi connectivity index (χ4v) is 1.18. The van der Waals surface area contributed by atoms with Gasteiger partial charge in [-0.15, -0.1) is 0 Å². The van der Waals surface area contributed by atoms with E-state index in [9.17, 15) is 19.2 Å². The molecule has 108 valence electrons. The number of aliphatic carboxylic acids is 2. The highest BCUT2D eigenvalue weighted by atomic mass is 16.5. The standard InChI is InChI=1S/C10H16N2O7/c1-19-8(15)3-2-6(10(17)18)12-9(16)5(11)4-7(13)14/h5-6H,2-4,11H2,1H3,(H,12,16)(H,13,14)(H,17,18)/t5?,6-/m1/s1. The van der Waals surface area contributed by atoms with Crippen molar-refractivity contribution < 1.29 is 34.1 Å². The van der Waals surface area contributed by atoms with Crippen LogP contribution in [0.5, 0.6) is 0 Å². The maximum atomic E-state index is 11.4. The Balaban J connectivity index is 4.41. The highest BCUT2D eigenvalue weighted by Crippen LogP contribution is 2.01. The van der Waals surface area contributed by atoms with Gasteiger partial charge in [0.2, 0.25) is 5.91 Å². The molecule has 0 radical (unpaired) electrons. The molecule has 19 heavy (non-hydrogen) atoms. The molecule has 0 aliphatic heterocycles. The van der Waals surface area contributed by atoms with Gasteiger partial charge in [-0.25, -0.2) is 4.79 Å². The number of hydrogen-bond acceptors (Lipinski definition) is 6. The highest BCUT2D eigenvalue weighted by Gasteiger charge is 2.25. The van der Waals surface area contributed by atoms with Gasteiger partial charge < -0.3 is 26.0 Å². The summed E-state index contributed by atoms with van der Waals surface area (Å²) < 4.78 is 4.34. The Bertz CT molecular complexity index is 369. The van der Waals surface area contributed by atoms with Gasteiger partial charge in [0.25, 0.3) is 0 Å². The van der Waals surface area contributed by atoms with Gasteiger partial charge in [0, 0.05) is 6.42 Å². The summed E-state index contributed by atoms with van der Waals surface area (Å²) in [5.74, 6) is -4.14. The smallest absolute Gasteiger partial charge is 0.326 e. The first-order valence-corrected chi connectivity index (χ1v) is 5.35. The lowest BCUT2D eigenvalue weighted by Gasteiger charge is -2.16. The van der Waals surface area contributed by atoms with Crippen molar-refractivity contribution in [3.05, 3.63) is 0 Å². The Labute approximate surface area is 108 Å². The van der Waals surface area contributed by atoms with Crippen LogP contribution >= 0.6 is 0 Å². The van der Waals surface area contributed by atoms with Gasteiger partial charge >= 0.3 is 17.9 Å². The van der Waals surface area contributed by atoms with Crippen molar-refractivity contribution in [2.45, 2.75) is 31.3 Å². The van der Waals surface area contributed by atoms with E-state index in [0.717, 1.165) is 7.11 Å². The van der Waals surface area contributed by atoms with Crippen molar-refractivity contribution in [3.8, 4) is 0 Å². The molecule has 0 aromatic carbocycles. The zero-order chi connectivity index (χ0) is 15.0. The topological polar surface area (TPSA) is 156 Å². The lowest BCUT2D eigenvalue weighted by Crippen LogP contribution is -2.49. The number of carbonyl (C=O) groups excluding carboxylic acids is 2. The van der Waals surface area contributed by atoms with Crippen LogP contribution in [0.25, 0.3) is 0 Å². The van der Waals surface area contributed by atoms with Gasteiger partial charge in [-0.1, -0.05) is 0 Å². The minimum absolute atomic E-state index is 0.173. The van der Waals surface area contributed by atoms with Gasteiger partial charge in [0.05, 0.1) is 19.6 Å². The lowest BCUT2D eigenvalue weighted by atomic mass is 10.1. The Hall–Kier alpha value is -2.16. The summed E-state index contributed by atoms with van der Waals surface area (Å²) in [7, 11) is 1.15. The van der Waals surface area contributed by atoms with Crippen LogP contribution in [0.4, 0.5) is 0 Å². The molecule has 0 spiro atoms. The third-order valence-corrected chi connectivity index (χ3v) is 2.21. The molecule has 9 heteroatoms. The van der Waals surface area contributed by atoms with E-state index < -0.39 is 42.3 Å². The van der Waals surface area contributed by atoms with Gasteiger partial charge in [-0.2, -0.15) is 0 Å². The van der Waals surface area contributed by atoms with Crippen LogP contribution in [-0.4, -0.2) is 53.2 Å². The predicted molar refractivity (Wildman–Crippen MR) is 61.0 cm³/mol. The van der Waals surface area contributed by atoms with E-state index in [1.165, 1.54) is 0 Å². The number of nitrogens with two attached hydrogens (primary N) is 1. The first kappa shape index (κ1) is 16.8. The predicted octanol–water partition coefficient (Wildman–Crippen LogP) is -1.69. The molecule has 5 N–H and O–H groups in total. The molecule has 9 nitrogen and oxygen atoms in total. The van der Waals surface area contributed by atoms with Crippen LogP contribution in [0.15, 0.2) is 0 Å². The van der Waals surface area contributed by atoms with Gasteiger partial charge in [-0.05, 0) is 6.42 Å². The Kier molecular flexibility index (Phi) is 7.12. The van der Waals surface area contributed by atoms with E-state index in [4.69, 9.17) is 15.9 Å². The fraction of sp³-hybridized carbons (Fsp3) is 0.600. The third-order valence-electron chi connectivity index (χ3n) is 2.21. The molecule has 0 aliphatic rings. The third kappa shape index (κ3) is 6.99. The van der Waals surface area contributed by atoms with E-state index in [2.05, 4.69) is 10.1 Å². The Morgan fingerprint density at radius 3 is 2.26 bits per heavy atom. The summed E-state index contributed by atoms with van der Waals surface area (Å²) >= 11 is 0. The fourth-order valence-electron chi connectivity index (χ4n) is 1.18. The van der Waals surface area contributed by atoms with Gasteiger partial charge in [0.1, 0.15) is 6.04 Å². The average Bonchev–Trinajstić information content (AvgIpc) is 2.32. The van der Waals surface area contributed by atoms with Gasteiger partial charge in [-0.3, -0.25) is 14.4 Å². The first-order valence-electron chi connectivity index (χ1n) is 5.35. The number of carboxylic acid groups (broad SMARTS) is 2. The van der Waals surface area contributed by atoms with Crippen LogP contribution in [-0.2, 0) is 23.9 Å². The molecule has 0 rings (SSSR count). The number of hydrogen-bond donors (Lipinski definition) is 4. The van der Waals surface area contributed by atoms with Crippen molar-refractivity contribution in [1.82, 2.24) is 5.32 Å². The Morgan fingerprint density at radius 2 is 1.84 bits per heavy atom. The molecule has 1 amide bonds. The van der Waals surface area contributed by atoms with Crippen molar-refractivity contribution in [1.29, 1.82) is 0 Å². The van der Waals surface area contributed by atoms with Crippen LogP contribution in [0.3, 0.4) is 0 Å².